The normalized spacial score (nSPS) is 16.6. The van der Waals surface area contributed by atoms with E-state index in [4.69, 9.17) is 5.10 Å². The van der Waals surface area contributed by atoms with Crippen molar-refractivity contribution in [1.29, 1.82) is 0 Å². The van der Waals surface area contributed by atoms with Gasteiger partial charge in [-0.05, 0) is 54.8 Å². The van der Waals surface area contributed by atoms with Gasteiger partial charge in [0, 0.05) is 21.8 Å². The molecule has 0 radical (unpaired) electrons. The van der Waals surface area contributed by atoms with E-state index < -0.39 is 11.6 Å². The highest BCUT2D eigenvalue weighted by Crippen LogP contribution is 2.43. The Kier molecular flexibility index (Phi) is 7.43. The molecule has 0 spiro atoms. The number of aromatic nitrogens is 2. The number of carbonyl (C=O) groups is 2. The van der Waals surface area contributed by atoms with Crippen molar-refractivity contribution in [2.24, 2.45) is 5.92 Å². The zero-order valence-electron chi connectivity index (χ0n) is 22.6. The van der Waals surface area contributed by atoms with Crippen molar-refractivity contribution in [3.05, 3.63) is 130 Å². The highest BCUT2D eigenvalue weighted by molar-refractivity contribution is 9.10. The van der Waals surface area contributed by atoms with Crippen molar-refractivity contribution < 1.29 is 9.59 Å². The molecule has 8 heteroatoms. The van der Waals surface area contributed by atoms with Gasteiger partial charge in [-0.25, -0.2) is 9.48 Å². The Morgan fingerprint density at radius 2 is 1.37 bits per heavy atom. The molecule has 0 aliphatic heterocycles. The highest BCUT2D eigenvalue weighted by Gasteiger charge is 2.41. The fourth-order valence-corrected chi connectivity index (χ4v) is 6.12. The number of anilines is 1. The van der Waals surface area contributed by atoms with Crippen LogP contribution in [0.5, 0.6) is 0 Å². The van der Waals surface area contributed by atoms with E-state index in [1.54, 1.807) is 0 Å². The molecule has 0 bridgehead atoms. The number of rotatable bonds is 7. The topological polar surface area (TPSA) is 88.1 Å². The molecule has 206 valence electrons. The summed E-state index contributed by atoms with van der Waals surface area (Å²) in [7, 11) is 1.88. The smallest absolute Gasteiger partial charge is 0.317 e. The first-order chi connectivity index (χ1) is 20.0. The molecule has 0 unspecified atom stereocenters. The van der Waals surface area contributed by atoms with E-state index in [0.717, 1.165) is 32.1 Å². The largest absolute Gasteiger partial charge is 0.327 e. The molecule has 0 saturated heterocycles. The van der Waals surface area contributed by atoms with Crippen molar-refractivity contribution >= 4 is 44.6 Å². The molecule has 4 aromatic carbocycles. The van der Waals surface area contributed by atoms with E-state index in [2.05, 4.69) is 68.3 Å². The number of fused-ring (bicyclic) bond motifs is 1. The summed E-state index contributed by atoms with van der Waals surface area (Å²) in [6.07, 6.45) is 1.43. The molecule has 3 amide bonds. The quantitative estimate of drug-likeness (QED) is 0.190. The predicted molar refractivity (Wildman–Crippen MR) is 165 cm³/mol. The summed E-state index contributed by atoms with van der Waals surface area (Å²) >= 11 is 3.59. The van der Waals surface area contributed by atoms with Gasteiger partial charge < -0.3 is 5.32 Å². The van der Waals surface area contributed by atoms with Crippen LogP contribution < -0.4 is 16.0 Å². The van der Waals surface area contributed by atoms with Crippen LogP contribution in [0.2, 0.25) is 0 Å². The summed E-state index contributed by atoms with van der Waals surface area (Å²) < 4.78 is 2.83. The summed E-state index contributed by atoms with van der Waals surface area (Å²) in [4.78, 5) is 25.8. The van der Waals surface area contributed by atoms with Crippen LogP contribution in [0.1, 0.15) is 29.5 Å². The second kappa shape index (κ2) is 11.3. The Labute approximate surface area is 247 Å². The van der Waals surface area contributed by atoms with Crippen LogP contribution in [0.25, 0.3) is 10.9 Å². The number of amides is 3. The molecule has 6 rings (SSSR count). The number of carbonyl (C=O) groups excluding carboxylic acids is 2. The van der Waals surface area contributed by atoms with Gasteiger partial charge in [0.15, 0.2) is 5.82 Å². The molecule has 1 aliphatic carbocycles. The summed E-state index contributed by atoms with van der Waals surface area (Å²) in [6, 6.07) is 36.3. The number of hydrogen-bond donors (Lipinski definition) is 3. The van der Waals surface area contributed by atoms with Gasteiger partial charge in [-0.1, -0.05) is 107 Å². The average Bonchev–Trinajstić information content (AvgIpc) is 3.31. The number of halogens is 1. The zero-order valence-corrected chi connectivity index (χ0v) is 24.1. The number of benzene rings is 4. The van der Waals surface area contributed by atoms with Gasteiger partial charge in [-0.2, -0.15) is 5.10 Å². The Morgan fingerprint density at radius 3 is 1.88 bits per heavy atom. The average molecular weight is 609 g/mol. The highest BCUT2D eigenvalue weighted by atomic mass is 79.9. The Hall–Kier alpha value is -4.27. The maximum absolute atomic E-state index is 13.1. The SMILES string of the molecule is CNC1CC(C(=O)NC(=O)Nc2nn(C(c3ccccc3)(c3ccccc3)c3ccccc3)c3ccc(Br)cc23)C1. The van der Waals surface area contributed by atoms with Gasteiger partial charge in [0.2, 0.25) is 5.91 Å². The maximum atomic E-state index is 13.1. The van der Waals surface area contributed by atoms with E-state index in [1.165, 1.54) is 0 Å². The van der Waals surface area contributed by atoms with Gasteiger partial charge in [0.25, 0.3) is 0 Å². The van der Waals surface area contributed by atoms with Gasteiger partial charge >= 0.3 is 6.03 Å². The number of nitrogens with zero attached hydrogens (tertiary/aromatic N) is 2. The Balaban J connectivity index is 1.51. The van der Waals surface area contributed by atoms with E-state index in [9.17, 15) is 9.59 Å². The zero-order chi connectivity index (χ0) is 28.4. The van der Waals surface area contributed by atoms with Crippen LogP contribution in [-0.2, 0) is 10.3 Å². The van der Waals surface area contributed by atoms with Gasteiger partial charge in [0.1, 0.15) is 5.54 Å². The summed E-state index contributed by atoms with van der Waals surface area (Å²) in [6.45, 7) is 0. The lowest BCUT2D eigenvalue weighted by molar-refractivity contribution is -0.126. The summed E-state index contributed by atoms with van der Waals surface area (Å²) in [5.74, 6) is -0.0878. The number of imide groups is 1. The Bertz CT molecular complexity index is 1590. The van der Waals surface area contributed by atoms with Crippen LogP contribution >= 0.6 is 15.9 Å². The van der Waals surface area contributed by atoms with Crippen molar-refractivity contribution in [3.63, 3.8) is 0 Å². The van der Waals surface area contributed by atoms with Crippen LogP contribution in [0.3, 0.4) is 0 Å². The number of nitrogens with one attached hydrogen (secondary N) is 3. The first kappa shape index (κ1) is 26.9. The minimum atomic E-state index is -0.865. The van der Waals surface area contributed by atoms with E-state index >= 15 is 0 Å². The first-order valence-electron chi connectivity index (χ1n) is 13.6. The monoisotopic (exact) mass is 607 g/mol. The second-order valence-corrected chi connectivity index (χ2v) is 11.2. The standard InChI is InChI=1S/C33H30BrN5O2/c1-35-27-19-22(20-27)31(40)37-32(41)36-30-28-21-26(34)17-18-29(28)39(38-30)33(23-11-5-2-6-12-23,24-13-7-3-8-14-24)25-15-9-4-10-16-25/h2-18,21-22,27,35H,19-20H2,1H3,(H2,36,37,38,40,41). The lowest BCUT2D eigenvalue weighted by Crippen LogP contribution is -2.48. The molecule has 5 aromatic rings. The minimum absolute atomic E-state index is 0.177. The third kappa shape index (κ3) is 4.94. The van der Waals surface area contributed by atoms with Gasteiger partial charge in [0.05, 0.1) is 5.52 Å². The third-order valence-corrected chi connectivity index (χ3v) is 8.41. The molecule has 1 fully saturated rings. The van der Waals surface area contributed by atoms with Crippen LogP contribution in [0.4, 0.5) is 10.6 Å². The molecule has 41 heavy (non-hydrogen) atoms. The van der Waals surface area contributed by atoms with Crippen molar-refractivity contribution in [2.75, 3.05) is 12.4 Å². The minimum Gasteiger partial charge on any atom is -0.317 e. The predicted octanol–water partition coefficient (Wildman–Crippen LogP) is 6.29. The van der Waals surface area contributed by atoms with Crippen LogP contribution in [-0.4, -0.2) is 34.8 Å². The molecule has 1 aromatic heterocycles. The molecule has 1 saturated carbocycles. The molecule has 7 nitrogen and oxygen atoms in total. The Morgan fingerprint density at radius 1 is 0.829 bits per heavy atom. The summed E-state index contributed by atoms with van der Waals surface area (Å²) in [5, 5.41) is 14.4. The maximum Gasteiger partial charge on any atom is 0.327 e. The van der Waals surface area contributed by atoms with E-state index in [0.29, 0.717) is 24.7 Å². The fraction of sp³-hybridized carbons (Fsp3) is 0.182. The fourth-order valence-electron chi connectivity index (χ4n) is 5.76. The second-order valence-electron chi connectivity index (χ2n) is 10.3. The number of hydrogen-bond acceptors (Lipinski definition) is 4. The van der Waals surface area contributed by atoms with E-state index in [-0.39, 0.29) is 11.8 Å². The van der Waals surface area contributed by atoms with Gasteiger partial charge in [-0.3, -0.25) is 15.4 Å². The molecular formula is C33H30BrN5O2. The van der Waals surface area contributed by atoms with E-state index in [1.807, 2.05) is 84.5 Å². The lowest BCUT2D eigenvalue weighted by Gasteiger charge is -2.37. The molecule has 0 atom stereocenters. The molecular weight excluding hydrogens is 578 g/mol. The first-order valence-corrected chi connectivity index (χ1v) is 14.4. The lowest BCUT2D eigenvalue weighted by atomic mass is 9.77. The van der Waals surface area contributed by atoms with Gasteiger partial charge in [-0.15, -0.1) is 0 Å². The number of urea groups is 1. The summed E-state index contributed by atoms with van der Waals surface area (Å²) in [5.41, 5.74) is 3.00. The van der Waals surface area contributed by atoms with Crippen molar-refractivity contribution in [3.8, 4) is 0 Å². The third-order valence-electron chi connectivity index (χ3n) is 7.92. The van der Waals surface area contributed by atoms with Crippen LogP contribution in [0, 0.1) is 5.92 Å². The molecule has 1 heterocycles. The van der Waals surface area contributed by atoms with Crippen LogP contribution in [0.15, 0.2) is 114 Å². The van der Waals surface area contributed by atoms with Crippen molar-refractivity contribution in [2.45, 2.75) is 24.4 Å². The molecule has 1 aliphatic rings. The molecule has 3 N–H and O–H groups in total. The van der Waals surface area contributed by atoms with Crippen molar-refractivity contribution in [1.82, 2.24) is 20.4 Å².